The van der Waals surface area contributed by atoms with E-state index >= 15 is 0 Å². The van der Waals surface area contributed by atoms with E-state index in [1.165, 1.54) is 24.2 Å². The maximum absolute atomic E-state index is 13.0. The van der Waals surface area contributed by atoms with Crippen molar-refractivity contribution in [2.75, 3.05) is 0 Å². The lowest BCUT2D eigenvalue weighted by Crippen LogP contribution is -2.54. The first-order chi connectivity index (χ1) is 13.2. The Bertz CT molecular complexity index is 772. The van der Waals surface area contributed by atoms with Crippen molar-refractivity contribution in [3.05, 3.63) is 58.3 Å². The van der Waals surface area contributed by atoms with Crippen LogP contribution in [0, 0.1) is 0 Å². The van der Waals surface area contributed by atoms with Gasteiger partial charge in [0, 0.05) is 24.5 Å². The highest BCUT2D eigenvalue weighted by atomic mass is 35.5. The van der Waals surface area contributed by atoms with Crippen molar-refractivity contribution >= 4 is 35.6 Å². The van der Waals surface area contributed by atoms with E-state index in [4.69, 9.17) is 0 Å². The smallest absolute Gasteiger partial charge is 0.262 e. The summed E-state index contributed by atoms with van der Waals surface area (Å²) in [6, 6.07) is 14.1. The molecule has 3 N–H and O–H groups in total. The van der Waals surface area contributed by atoms with Crippen LogP contribution in [0.4, 0.5) is 0 Å². The molecule has 3 heterocycles. The van der Waals surface area contributed by atoms with E-state index in [1.807, 2.05) is 41.8 Å². The van der Waals surface area contributed by atoms with Crippen LogP contribution in [-0.2, 0) is 11.2 Å². The molecule has 3 atom stereocenters. The predicted octanol–water partition coefficient (Wildman–Crippen LogP) is 2.91. The number of hydrogen-bond acceptors (Lipinski definition) is 4. The van der Waals surface area contributed by atoms with Crippen molar-refractivity contribution in [3.63, 3.8) is 0 Å². The first-order valence-electron chi connectivity index (χ1n) is 9.62. The quantitative estimate of drug-likeness (QED) is 0.674. The Morgan fingerprint density at radius 1 is 1.07 bits per heavy atom. The number of amides is 2. The van der Waals surface area contributed by atoms with Crippen LogP contribution in [0.25, 0.3) is 0 Å². The lowest BCUT2D eigenvalue weighted by atomic mass is 9.98. The molecule has 1 aromatic heterocycles. The molecule has 0 radical (unpaired) electrons. The summed E-state index contributed by atoms with van der Waals surface area (Å²) in [6.45, 7) is 0. The Kier molecular flexibility index (Phi) is 7.10. The molecule has 0 aliphatic carbocycles. The molecule has 2 bridgehead atoms. The highest BCUT2D eigenvalue weighted by molar-refractivity contribution is 7.12. The van der Waals surface area contributed by atoms with Gasteiger partial charge in [-0.15, -0.1) is 23.7 Å². The zero-order chi connectivity index (χ0) is 18.6. The number of carbonyl (C=O) groups is 2. The second kappa shape index (κ2) is 9.54. The first kappa shape index (κ1) is 20.8. The number of fused-ring (bicyclic) bond motifs is 2. The van der Waals surface area contributed by atoms with Gasteiger partial charge in [0.25, 0.3) is 5.91 Å². The second-order valence-electron chi connectivity index (χ2n) is 7.51. The highest BCUT2D eigenvalue weighted by Gasteiger charge is 2.35. The van der Waals surface area contributed by atoms with Crippen LogP contribution in [0.5, 0.6) is 0 Å². The molecular weight excluding hydrogens is 394 g/mol. The van der Waals surface area contributed by atoms with Crippen LogP contribution in [0.1, 0.15) is 40.9 Å². The van der Waals surface area contributed by atoms with Gasteiger partial charge in [0.05, 0.1) is 4.88 Å². The van der Waals surface area contributed by atoms with Crippen molar-refractivity contribution in [2.24, 2.45) is 0 Å². The van der Waals surface area contributed by atoms with Gasteiger partial charge in [-0.2, -0.15) is 0 Å². The predicted molar refractivity (Wildman–Crippen MR) is 114 cm³/mol. The third-order valence-electron chi connectivity index (χ3n) is 5.47. The number of benzene rings is 1. The van der Waals surface area contributed by atoms with Gasteiger partial charge in [-0.1, -0.05) is 36.4 Å². The molecule has 2 aromatic rings. The molecule has 4 rings (SSSR count). The number of thiophene rings is 1. The van der Waals surface area contributed by atoms with E-state index in [1.54, 1.807) is 6.07 Å². The zero-order valence-electron chi connectivity index (χ0n) is 15.6. The standard InChI is InChI=1S/C21H25N3O2S.ClH/c25-20(23-17-12-15-8-9-16(13-17)22-15)18(11-14-5-2-1-3-6-14)24-21(26)19-7-4-10-27-19;/h1-7,10,15-18,22H,8-9,11-13H2,(H,23,25)(H,24,26);1H. The molecule has 0 spiro atoms. The summed E-state index contributed by atoms with van der Waals surface area (Å²) in [5.41, 5.74) is 1.04. The Morgan fingerprint density at radius 2 is 1.79 bits per heavy atom. The van der Waals surface area contributed by atoms with Gasteiger partial charge in [-0.05, 0) is 42.7 Å². The molecular formula is C21H26ClN3O2S. The van der Waals surface area contributed by atoms with Crippen molar-refractivity contribution in [3.8, 4) is 0 Å². The van der Waals surface area contributed by atoms with E-state index in [9.17, 15) is 9.59 Å². The van der Waals surface area contributed by atoms with Gasteiger partial charge in [-0.25, -0.2) is 0 Å². The molecule has 2 aliphatic heterocycles. The maximum Gasteiger partial charge on any atom is 0.262 e. The summed E-state index contributed by atoms with van der Waals surface area (Å²) < 4.78 is 0. The Hall–Kier alpha value is -1.89. The average Bonchev–Trinajstić information content (AvgIpc) is 3.32. The van der Waals surface area contributed by atoms with Crippen LogP contribution >= 0.6 is 23.7 Å². The van der Waals surface area contributed by atoms with Crippen LogP contribution in [0.3, 0.4) is 0 Å². The summed E-state index contributed by atoms with van der Waals surface area (Å²) in [4.78, 5) is 26.2. The number of halogens is 1. The summed E-state index contributed by atoms with van der Waals surface area (Å²) >= 11 is 1.38. The van der Waals surface area contributed by atoms with E-state index < -0.39 is 6.04 Å². The van der Waals surface area contributed by atoms with Crippen molar-refractivity contribution in [1.29, 1.82) is 0 Å². The zero-order valence-corrected chi connectivity index (χ0v) is 17.2. The van der Waals surface area contributed by atoms with Crippen LogP contribution in [-0.4, -0.2) is 36.0 Å². The molecule has 7 heteroatoms. The van der Waals surface area contributed by atoms with Crippen LogP contribution < -0.4 is 16.0 Å². The van der Waals surface area contributed by atoms with E-state index in [-0.39, 0.29) is 30.3 Å². The lowest BCUT2D eigenvalue weighted by molar-refractivity contribution is -0.123. The summed E-state index contributed by atoms with van der Waals surface area (Å²) in [5, 5.41) is 11.6. The third kappa shape index (κ3) is 5.13. The Balaban J connectivity index is 0.00000225. The minimum absolute atomic E-state index is 0. The Morgan fingerprint density at radius 3 is 2.43 bits per heavy atom. The summed E-state index contributed by atoms with van der Waals surface area (Å²) in [7, 11) is 0. The van der Waals surface area contributed by atoms with Crippen LogP contribution in [0.15, 0.2) is 47.8 Å². The van der Waals surface area contributed by atoms with Gasteiger partial charge in [0.2, 0.25) is 5.91 Å². The molecule has 1 aromatic carbocycles. The van der Waals surface area contributed by atoms with E-state index in [2.05, 4.69) is 16.0 Å². The number of carbonyl (C=O) groups excluding carboxylic acids is 2. The van der Waals surface area contributed by atoms with Crippen molar-refractivity contribution in [2.45, 2.75) is 56.3 Å². The number of piperidine rings is 1. The molecule has 2 amide bonds. The monoisotopic (exact) mass is 419 g/mol. The third-order valence-corrected chi connectivity index (χ3v) is 6.34. The molecule has 5 nitrogen and oxygen atoms in total. The molecule has 2 aliphatic rings. The maximum atomic E-state index is 13.0. The number of rotatable bonds is 6. The van der Waals surface area contributed by atoms with Gasteiger partial charge in [-0.3, -0.25) is 9.59 Å². The lowest BCUT2D eigenvalue weighted by Gasteiger charge is -2.31. The van der Waals surface area contributed by atoms with Crippen LogP contribution in [0.2, 0.25) is 0 Å². The fourth-order valence-electron chi connectivity index (χ4n) is 4.17. The molecule has 150 valence electrons. The molecule has 3 unspecified atom stereocenters. The fourth-order valence-corrected chi connectivity index (χ4v) is 4.80. The first-order valence-corrected chi connectivity index (χ1v) is 10.5. The average molecular weight is 420 g/mol. The Labute approximate surface area is 175 Å². The highest BCUT2D eigenvalue weighted by Crippen LogP contribution is 2.26. The number of hydrogen-bond donors (Lipinski definition) is 3. The molecule has 2 fully saturated rings. The second-order valence-corrected chi connectivity index (χ2v) is 8.46. The summed E-state index contributed by atoms with van der Waals surface area (Å²) in [6.07, 6.45) is 4.82. The molecule has 28 heavy (non-hydrogen) atoms. The minimum atomic E-state index is -0.575. The minimum Gasteiger partial charge on any atom is -0.351 e. The molecule has 0 saturated carbocycles. The van der Waals surface area contributed by atoms with Gasteiger partial charge < -0.3 is 16.0 Å². The van der Waals surface area contributed by atoms with Gasteiger partial charge >= 0.3 is 0 Å². The topological polar surface area (TPSA) is 70.2 Å². The normalized spacial score (nSPS) is 24.1. The summed E-state index contributed by atoms with van der Waals surface area (Å²) in [5.74, 6) is -0.276. The molecule has 2 saturated heterocycles. The van der Waals surface area contributed by atoms with Crippen molar-refractivity contribution < 1.29 is 9.59 Å². The van der Waals surface area contributed by atoms with E-state index in [0.29, 0.717) is 23.4 Å². The SMILES string of the molecule is Cl.O=C(NC(Cc1ccccc1)C(=O)NC1CC2CCC(C1)N2)c1cccs1. The van der Waals surface area contributed by atoms with Gasteiger partial charge in [0.15, 0.2) is 0 Å². The van der Waals surface area contributed by atoms with Crippen molar-refractivity contribution in [1.82, 2.24) is 16.0 Å². The fraction of sp³-hybridized carbons (Fsp3) is 0.429. The van der Waals surface area contributed by atoms with Gasteiger partial charge in [0.1, 0.15) is 6.04 Å². The number of nitrogens with one attached hydrogen (secondary N) is 3. The van der Waals surface area contributed by atoms with E-state index in [0.717, 1.165) is 18.4 Å². The largest absolute Gasteiger partial charge is 0.351 e.